The van der Waals surface area contributed by atoms with Crippen LogP contribution in [0.15, 0.2) is 24.3 Å². The van der Waals surface area contributed by atoms with E-state index in [4.69, 9.17) is 14.7 Å². The SMILES string of the molecule is [2H]C(=O)OCc1ccc(NC(=O)C(CCCNC(N)=O)CC(=O)[C@@H](N[C-]=O)C(C)C)cc1.[2H]N[C-]=O.[2H][CH2-].[W].[W].[W].[Y].[Y].[Y]. The Bertz CT molecular complexity index is 905. The monoisotopic (exact) mass is 1310 g/mol. The van der Waals surface area contributed by atoms with E-state index in [0.717, 1.165) is 6.41 Å². The number of primary amides is 2. The van der Waals surface area contributed by atoms with Gasteiger partial charge in [-0.15, -0.1) is 0 Å². The fourth-order valence-corrected chi connectivity index (χ4v) is 2.98. The van der Waals surface area contributed by atoms with E-state index < -0.39 is 24.4 Å². The Morgan fingerprint density at radius 2 is 1.66 bits per heavy atom. The van der Waals surface area contributed by atoms with Crippen LogP contribution in [0.25, 0.3) is 0 Å². The fourth-order valence-electron chi connectivity index (χ4n) is 2.98. The predicted octanol–water partition coefficient (Wildman–Crippen LogP) is 0.451. The van der Waals surface area contributed by atoms with Crippen molar-refractivity contribution < 1.29 is 199 Å². The average molecular weight is 1310 g/mol. The summed E-state index contributed by atoms with van der Waals surface area (Å²) in [4.78, 5) is 66.4. The topological polar surface area (TPSA) is 200 Å². The van der Waals surface area contributed by atoms with E-state index in [9.17, 15) is 24.0 Å². The molecule has 1 aromatic rings. The van der Waals surface area contributed by atoms with Gasteiger partial charge in [-0.25, -0.2) is 6.17 Å². The Hall–Kier alpha value is 1.42. The minimum absolute atomic E-state index is 0. The van der Waals surface area contributed by atoms with Crippen LogP contribution in [0, 0.1) is 19.2 Å². The third kappa shape index (κ3) is 31.2. The van der Waals surface area contributed by atoms with Crippen molar-refractivity contribution in [2.45, 2.75) is 45.8 Å². The number of hydrogen-bond donors (Lipinski definition) is 5. The minimum atomic E-state index is -1.14. The summed E-state index contributed by atoms with van der Waals surface area (Å²) in [7, 11) is 2.50. The summed E-state index contributed by atoms with van der Waals surface area (Å²) < 4.78 is 22.6. The molecule has 0 aliphatic carbocycles. The zero-order chi connectivity index (χ0) is 29.5. The molecule has 7 N–H and O–H groups in total. The van der Waals surface area contributed by atoms with Gasteiger partial charge in [-0.3, -0.25) is 14.4 Å². The normalized spacial score (nSPS) is 10.4. The molecule has 1 aromatic carbocycles. The van der Waals surface area contributed by atoms with Crippen LogP contribution >= 0.6 is 0 Å². The fraction of sp³-hybridized carbons (Fsp3) is 0.435. The summed E-state index contributed by atoms with van der Waals surface area (Å²) in [5, 5.41) is 7.56. The van der Waals surface area contributed by atoms with Crippen molar-refractivity contribution >= 4 is 42.7 Å². The number of ketones is 1. The van der Waals surface area contributed by atoms with Gasteiger partial charge in [0, 0.05) is 186 Å². The molecule has 12 nitrogen and oxygen atoms in total. The number of hydrogen-bond acceptors (Lipinski definition) is 7. The molecule has 0 bridgehead atoms. The number of amides is 5. The summed E-state index contributed by atoms with van der Waals surface area (Å²) in [6, 6.07) is 5.05. The number of benzene rings is 1. The van der Waals surface area contributed by atoms with Crippen molar-refractivity contribution in [2.24, 2.45) is 23.3 Å². The molecule has 18 heteroatoms. The predicted molar refractivity (Wildman–Crippen MR) is 130 cm³/mol. The summed E-state index contributed by atoms with van der Waals surface area (Å²) >= 11 is 0. The largest absolute Gasteiger partial charge is 0.543 e. The van der Waals surface area contributed by atoms with Crippen molar-refractivity contribution in [2.75, 3.05) is 11.9 Å². The van der Waals surface area contributed by atoms with Crippen LogP contribution in [0.2, 0.25) is 1.41 Å². The van der Waals surface area contributed by atoms with Crippen LogP contribution in [0.1, 0.15) is 41.4 Å². The maximum atomic E-state index is 12.9. The van der Waals surface area contributed by atoms with Crippen LogP contribution in [0.5, 0.6) is 0 Å². The number of nitrogens with one attached hydrogen (secondary N) is 3. The molecule has 5 amide bonds. The second-order valence-corrected chi connectivity index (χ2v) is 7.43. The van der Waals surface area contributed by atoms with Crippen molar-refractivity contribution in [1.29, 1.82) is 0 Å². The van der Waals surface area contributed by atoms with E-state index in [-0.39, 0.29) is 199 Å². The molecule has 0 aliphatic rings. The Morgan fingerprint density at radius 3 is 2.07 bits per heavy atom. The van der Waals surface area contributed by atoms with Gasteiger partial charge in [0.05, 0.1) is 6.04 Å². The van der Waals surface area contributed by atoms with E-state index in [1.807, 2.05) is 0 Å². The first-order valence-electron chi connectivity index (χ1n) is 12.0. The van der Waals surface area contributed by atoms with E-state index in [1.165, 1.54) is 12.1 Å². The van der Waals surface area contributed by atoms with Gasteiger partial charge in [0.1, 0.15) is 8.02 Å². The summed E-state index contributed by atoms with van der Waals surface area (Å²) in [5.74, 6) is -1.55. The first-order chi connectivity index (χ1) is 18.0. The standard InChI is InChI=1S/C21H29N4O6.CH2NO.CH3.3W.3Y/c1-14(2)19(24-12-26)18(28)10-16(4-3-9-23-21(22)30)20(29)25-17-7-5-15(6-8-17)11-31-13-27;2-1-3;;;;;;;/h5-8,13-14,16,19H,3-4,9-11H2,1-2H3,(H,24,26)(H,25,29)(H3,22,23,30);(H2,2,3);1H3;;;;;;/q3*-1;;;;;;/t16?,19-;;;;;;;;/m0......../s1/i13D;;1D;;;;;;/hD. The molecule has 0 fully saturated rings. The van der Waals surface area contributed by atoms with Crippen molar-refractivity contribution in [3.63, 3.8) is 0 Å². The number of carbonyl (C=O) groups is 4. The minimum Gasteiger partial charge on any atom is -0.543 e. The number of urea groups is 1. The van der Waals surface area contributed by atoms with Gasteiger partial charge >= 0.3 is 6.03 Å². The molecule has 0 aromatic heterocycles. The Balaban J connectivity index is -0.000000166. The molecule has 1 unspecified atom stereocenters. The van der Waals surface area contributed by atoms with Gasteiger partial charge < -0.3 is 49.1 Å². The number of carbonyl (C=O) groups excluding carboxylic acids is 6. The molecule has 0 spiro atoms. The zero-order valence-corrected chi connectivity index (χ0v) is 40.0. The average Bonchev–Trinajstić information content (AvgIpc) is 2.89. The Labute approximate surface area is 365 Å². The smallest absolute Gasteiger partial charge is 0.312 e. The molecule has 0 saturated carbocycles. The molecule has 0 heterocycles. The maximum absolute atomic E-state index is 12.9. The molecule has 0 saturated heterocycles. The molecule has 1 rings (SSSR count). The van der Waals surface area contributed by atoms with Crippen molar-refractivity contribution in [1.82, 2.24) is 10.6 Å². The van der Waals surface area contributed by atoms with Crippen LogP contribution in [-0.2, 0) is 197 Å². The van der Waals surface area contributed by atoms with Crippen molar-refractivity contribution in [3.05, 3.63) is 37.2 Å². The number of nitrogens with two attached hydrogens (primary N) is 2. The van der Waals surface area contributed by atoms with E-state index >= 15 is 0 Å². The number of anilines is 1. The maximum Gasteiger partial charge on any atom is 0.312 e. The quantitative estimate of drug-likeness (QED) is 0.0728. The van der Waals surface area contributed by atoms with Gasteiger partial charge in [-0.05, 0) is 36.5 Å². The van der Waals surface area contributed by atoms with Gasteiger partial charge in [-0.2, -0.15) is 12.8 Å². The molecule has 3 radical (unpaired) electrons. The number of Topliss-reactive ketones (excluding diaryl/α,β-unsaturated/α-hetero) is 1. The molecule has 2 atom stereocenters. The summed E-state index contributed by atoms with van der Waals surface area (Å²) in [5.41, 5.74) is 7.54. The molecular weight excluding hydrogens is 1280 g/mol. The molecule has 41 heavy (non-hydrogen) atoms. The van der Waals surface area contributed by atoms with Gasteiger partial charge in [0.25, 0.3) is 6.45 Å². The van der Waals surface area contributed by atoms with Crippen LogP contribution in [-0.4, -0.2) is 49.6 Å². The van der Waals surface area contributed by atoms with Gasteiger partial charge in [-0.1, -0.05) is 26.0 Å². The molecular formula is C23H34N5O7W3Y3-3. The zero-order valence-electron chi connectivity index (χ0n) is 25.7. The second-order valence-electron chi connectivity index (χ2n) is 7.43. The second kappa shape index (κ2) is 39.4. The number of rotatable bonds is 15. The third-order valence-electron chi connectivity index (χ3n) is 4.59. The van der Waals surface area contributed by atoms with Crippen LogP contribution < -0.4 is 27.4 Å². The van der Waals surface area contributed by atoms with E-state index in [2.05, 4.69) is 28.1 Å². The molecule has 223 valence electrons. The van der Waals surface area contributed by atoms with E-state index in [0.29, 0.717) is 24.1 Å². The third-order valence-corrected chi connectivity index (χ3v) is 4.59. The van der Waals surface area contributed by atoms with Crippen LogP contribution in [0.3, 0.4) is 0 Å². The van der Waals surface area contributed by atoms with Gasteiger partial charge in [0.15, 0.2) is 7.15 Å². The summed E-state index contributed by atoms with van der Waals surface area (Å²) in [6.07, 6.45) is 2.13. The Morgan fingerprint density at radius 1 is 1.12 bits per heavy atom. The molecule has 0 aliphatic heterocycles. The first kappa shape index (κ1) is 52.0. The van der Waals surface area contributed by atoms with Crippen molar-refractivity contribution in [3.8, 4) is 0 Å². The Kier molecular flexibility index (Phi) is 50.0. The number of ether oxygens (including phenoxy) is 1. The van der Waals surface area contributed by atoms with E-state index in [1.54, 1.807) is 38.1 Å². The van der Waals surface area contributed by atoms with Gasteiger partial charge in [0.2, 0.25) is 5.91 Å². The van der Waals surface area contributed by atoms with Crippen LogP contribution in [0.4, 0.5) is 10.5 Å². The first-order valence-corrected chi connectivity index (χ1v) is 10.3. The summed E-state index contributed by atoms with van der Waals surface area (Å²) in [6.45, 7) is 3.75.